The Morgan fingerprint density at radius 1 is 1.27 bits per heavy atom. The molecule has 1 aliphatic heterocycles. The first-order valence-electron chi connectivity index (χ1n) is 5.06. The number of nitrogens with zero attached hydrogens (tertiary/aromatic N) is 1. The third-order valence-electron chi connectivity index (χ3n) is 2.45. The van der Waals surface area contributed by atoms with Gasteiger partial charge in [0.2, 0.25) is 0 Å². The SMILES string of the molecule is CC(C)c1cc(C#N)c2c(c1)OCCO2. The average molecular weight is 203 g/mol. The summed E-state index contributed by atoms with van der Waals surface area (Å²) in [5.74, 6) is 1.67. The maximum absolute atomic E-state index is 9.01. The van der Waals surface area contributed by atoms with E-state index in [4.69, 9.17) is 14.7 Å². The standard InChI is InChI=1S/C12H13NO2/c1-8(2)9-5-10(7-13)12-11(6-9)14-3-4-15-12/h5-6,8H,3-4H2,1-2H3. The lowest BCUT2D eigenvalue weighted by Gasteiger charge is -2.20. The van der Waals surface area contributed by atoms with Crippen molar-refractivity contribution in [2.75, 3.05) is 13.2 Å². The molecule has 1 aromatic rings. The molecule has 0 saturated heterocycles. The van der Waals surface area contributed by atoms with Crippen molar-refractivity contribution in [2.45, 2.75) is 19.8 Å². The number of ether oxygens (including phenoxy) is 2. The Morgan fingerprint density at radius 3 is 2.67 bits per heavy atom. The fraction of sp³-hybridized carbons (Fsp3) is 0.417. The monoisotopic (exact) mass is 203 g/mol. The van der Waals surface area contributed by atoms with Crippen molar-refractivity contribution in [3.05, 3.63) is 23.3 Å². The van der Waals surface area contributed by atoms with E-state index in [9.17, 15) is 0 Å². The molecule has 0 N–H and O–H groups in total. The fourth-order valence-electron chi connectivity index (χ4n) is 1.59. The highest BCUT2D eigenvalue weighted by Gasteiger charge is 2.18. The van der Waals surface area contributed by atoms with Crippen LogP contribution in [0.4, 0.5) is 0 Å². The van der Waals surface area contributed by atoms with E-state index >= 15 is 0 Å². The highest BCUT2D eigenvalue weighted by atomic mass is 16.6. The van der Waals surface area contributed by atoms with Crippen LogP contribution in [0.25, 0.3) is 0 Å². The molecule has 78 valence electrons. The molecular formula is C12H13NO2. The first kappa shape index (κ1) is 9.85. The second-order valence-electron chi connectivity index (χ2n) is 3.86. The minimum absolute atomic E-state index is 0.382. The Labute approximate surface area is 89.2 Å². The largest absolute Gasteiger partial charge is 0.486 e. The summed E-state index contributed by atoms with van der Waals surface area (Å²) in [5, 5.41) is 9.01. The van der Waals surface area contributed by atoms with Crippen molar-refractivity contribution in [3.63, 3.8) is 0 Å². The third kappa shape index (κ3) is 1.75. The predicted molar refractivity (Wildman–Crippen MR) is 56.2 cm³/mol. The van der Waals surface area contributed by atoms with Gasteiger partial charge in [-0.2, -0.15) is 5.26 Å². The van der Waals surface area contributed by atoms with Gasteiger partial charge in [0.05, 0.1) is 5.56 Å². The fourth-order valence-corrected chi connectivity index (χ4v) is 1.59. The molecule has 3 heteroatoms. The predicted octanol–water partition coefficient (Wildman–Crippen LogP) is 2.45. The molecule has 0 saturated carbocycles. The van der Waals surface area contributed by atoms with Gasteiger partial charge < -0.3 is 9.47 Å². The van der Waals surface area contributed by atoms with Crippen molar-refractivity contribution in [3.8, 4) is 17.6 Å². The van der Waals surface area contributed by atoms with Crippen LogP contribution in [0.15, 0.2) is 12.1 Å². The van der Waals surface area contributed by atoms with Crippen molar-refractivity contribution < 1.29 is 9.47 Å². The number of benzene rings is 1. The van der Waals surface area contributed by atoms with Crippen molar-refractivity contribution >= 4 is 0 Å². The Hall–Kier alpha value is -1.69. The molecule has 1 aliphatic rings. The van der Waals surface area contributed by atoms with Gasteiger partial charge in [-0.3, -0.25) is 0 Å². The molecule has 0 atom stereocenters. The summed E-state index contributed by atoms with van der Waals surface area (Å²) in [7, 11) is 0. The number of fused-ring (bicyclic) bond motifs is 1. The zero-order valence-corrected chi connectivity index (χ0v) is 8.91. The lowest BCUT2D eigenvalue weighted by molar-refractivity contribution is 0.171. The maximum atomic E-state index is 9.01. The minimum Gasteiger partial charge on any atom is -0.486 e. The van der Waals surface area contributed by atoms with Crippen LogP contribution in [0.1, 0.15) is 30.9 Å². The van der Waals surface area contributed by atoms with Crippen LogP contribution in [0.5, 0.6) is 11.5 Å². The summed E-state index contributed by atoms with van der Waals surface area (Å²) in [5.41, 5.74) is 1.67. The van der Waals surface area contributed by atoms with Crippen LogP contribution in [0.2, 0.25) is 0 Å². The Balaban J connectivity index is 2.54. The lowest BCUT2D eigenvalue weighted by Crippen LogP contribution is -2.16. The summed E-state index contributed by atoms with van der Waals surface area (Å²) < 4.78 is 10.9. The molecule has 0 amide bonds. The zero-order chi connectivity index (χ0) is 10.8. The average Bonchev–Trinajstić information content (AvgIpc) is 2.27. The number of nitriles is 1. The number of rotatable bonds is 1. The quantitative estimate of drug-likeness (QED) is 0.704. The molecule has 0 fully saturated rings. The van der Waals surface area contributed by atoms with Gasteiger partial charge >= 0.3 is 0 Å². The van der Waals surface area contributed by atoms with E-state index in [1.165, 1.54) is 0 Å². The second kappa shape index (κ2) is 3.82. The van der Waals surface area contributed by atoms with Crippen LogP contribution in [0, 0.1) is 11.3 Å². The van der Waals surface area contributed by atoms with E-state index in [1.807, 2.05) is 12.1 Å². The number of hydrogen-bond acceptors (Lipinski definition) is 3. The van der Waals surface area contributed by atoms with Gasteiger partial charge in [0.1, 0.15) is 19.3 Å². The zero-order valence-electron chi connectivity index (χ0n) is 8.91. The van der Waals surface area contributed by atoms with Crippen LogP contribution in [-0.4, -0.2) is 13.2 Å². The van der Waals surface area contributed by atoms with Gasteiger partial charge in [0.15, 0.2) is 11.5 Å². The van der Waals surface area contributed by atoms with E-state index in [0.717, 1.165) is 5.56 Å². The lowest BCUT2D eigenvalue weighted by atomic mass is 10.00. The van der Waals surface area contributed by atoms with E-state index in [1.54, 1.807) is 0 Å². The third-order valence-corrected chi connectivity index (χ3v) is 2.45. The molecule has 1 heterocycles. The van der Waals surface area contributed by atoms with Gasteiger partial charge in [-0.15, -0.1) is 0 Å². The van der Waals surface area contributed by atoms with Crippen LogP contribution < -0.4 is 9.47 Å². The van der Waals surface area contributed by atoms with Crippen LogP contribution >= 0.6 is 0 Å². The summed E-state index contributed by atoms with van der Waals surface area (Å²) in [6.45, 7) is 5.25. The molecule has 0 radical (unpaired) electrons. The first-order chi connectivity index (χ1) is 7.22. The molecule has 2 rings (SSSR count). The van der Waals surface area contributed by atoms with Crippen molar-refractivity contribution in [1.82, 2.24) is 0 Å². The molecule has 0 unspecified atom stereocenters. The van der Waals surface area contributed by atoms with E-state index in [-0.39, 0.29) is 0 Å². The van der Waals surface area contributed by atoms with Crippen molar-refractivity contribution in [1.29, 1.82) is 5.26 Å². The maximum Gasteiger partial charge on any atom is 0.179 e. The van der Waals surface area contributed by atoms with E-state index < -0.39 is 0 Å². The van der Waals surface area contributed by atoms with Gasteiger partial charge in [-0.05, 0) is 23.6 Å². The summed E-state index contributed by atoms with van der Waals surface area (Å²) in [6, 6.07) is 5.98. The Kier molecular flexibility index (Phi) is 2.51. The highest BCUT2D eigenvalue weighted by Crippen LogP contribution is 2.36. The molecule has 1 aromatic carbocycles. The topological polar surface area (TPSA) is 42.2 Å². The van der Waals surface area contributed by atoms with Crippen molar-refractivity contribution in [2.24, 2.45) is 0 Å². The smallest absolute Gasteiger partial charge is 0.179 e. The molecule has 0 spiro atoms. The first-order valence-corrected chi connectivity index (χ1v) is 5.06. The molecule has 0 aromatic heterocycles. The van der Waals surface area contributed by atoms with Gasteiger partial charge in [-0.1, -0.05) is 13.8 Å². The van der Waals surface area contributed by atoms with Gasteiger partial charge in [0, 0.05) is 0 Å². The Bertz CT molecular complexity index is 418. The van der Waals surface area contributed by atoms with Crippen LogP contribution in [-0.2, 0) is 0 Å². The molecule has 15 heavy (non-hydrogen) atoms. The number of hydrogen-bond donors (Lipinski definition) is 0. The summed E-state index contributed by atoms with van der Waals surface area (Å²) in [4.78, 5) is 0. The Morgan fingerprint density at radius 2 is 2.00 bits per heavy atom. The normalized spacial score (nSPS) is 13.7. The van der Waals surface area contributed by atoms with Gasteiger partial charge in [0.25, 0.3) is 0 Å². The molecular weight excluding hydrogens is 190 g/mol. The molecule has 0 bridgehead atoms. The highest BCUT2D eigenvalue weighted by molar-refractivity contribution is 5.55. The van der Waals surface area contributed by atoms with Gasteiger partial charge in [-0.25, -0.2) is 0 Å². The summed E-state index contributed by atoms with van der Waals surface area (Å²) >= 11 is 0. The van der Waals surface area contributed by atoms with Crippen LogP contribution in [0.3, 0.4) is 0 Å². The molecule has 3 nitrogen and oxygen atoms in total. The van der Waals surface area contributed by atoms with E-state index in [2.05, 4.69) is 19.9 Å². The molecule has 0 aliphatic carbocycles. The second-order valence-corrected chi connectivity index (χ2v) is 3.86. The summed E-state index contributed by atoms with van der Waals surface area (Å²) in [6.07, 6.45) is 0. The minimum atomic E-state index is 0.382. The van der Waals surface area contributed by atoms with E-state index in [0.29, 0.717) is 36.2 Å².